The van der Waals surface area contributed by atoms with E-state index in [9.17, 15) is 0 Å². The van der Waals surface area contributed by atoms with Gasteiger partial charge in [-0.25, -0.2) is 0 Å². The number of ether oxygens (including phenoxy) is 2. The van der Waals surface area contributed by atoms with Crippen LogP contribution in [-0.2, 0) is 9.47 Å². The van der Waals surface area contributed by atoms with Crippen LogP contribution in [-0.4, -0.2) is 0 Å². The van der Waals surface area contributed by atoms with E-state index in [4.69, 9.17) is 21.1 Å². The Hall–Kier alpha value is -0.670. The summed E-state index contributed by atoms with van der Waals surface area (Å²) in [6.07, 6.45) is 2.64. The number of halogens is 2. The molecule has 1 aliphatic rings. The van der Waals surface area contributed by atoms with Gasteiger partial charge < -0.3 is 9.47 Å². The molecular weight excluding hydrogens is 255 g/mol. The molecule has 0 spiro atoms. The molecule has 1 aromatic carbocycles. The molecule has 0 unspecified atom stereocenters. The summed E-state index contributed by atoms with van der Waals surface area (Å²) in [7, 11) is 0. The summed E-state index contributed by atoms with van der Waals surface area (Å²) < 4.78 is 11.3. The van der Waals surface area contributed by atoms with Gasteiger partial charge in [-0.1, -0.05) is 27.5 Å². The molecule has 4 heteroatoms. The lowest BCUT2D eigenvalue weighted by molar-refractivity contribution is -0.0251. The van der Waals surface area contributed by atoms with Crippen molar-refractivity contribution in [2.45, 2.75) is 6.29 Å². The third-order valence-corrected chi connectivity index (χ3v) is 2.63. The second-order valence-corrected chi connectivity index (χ2v) is 3.83. The zero-order chi connectivity index (χ0) is 9.26. The van der Waals surface area contributed by atoms with Gasteiger partial charge in [0.1, 0.15) is 12.5 Å². The molecular formula is C9H6BrClO2. The minimum absolute atomic E-state index is 0.381. The van der Waals surface area contributed by atoms with Gasteiger partial charge in [-0.2, -0.15) is 0 Å². The maximum atomic E-state index is 5.84. The summed E-state index contributed by atoms with van der Waals surface area (Å²) in [6.45, 7) is 0. The molecule has 0 bridgehead atoms. The molecule has 1 aliphatic heterocycles. The highest BCUT2D eigenvalue weighted by Crippen LogP contribution is 2.31. The molecule has 68 valence electrons. The van der Waals surface area contributed by atoms with Gasteiger partial charge in [0.15, 0.2) is 0 Å². The van der Waals surface area contributed by atoms with E-state index in [0.717, 1.165) is 10.0 Å². The monoisotopic (exact) mass is 260 g/mol. The van der Waals surface area contributed by atoms with Crippen LogP contribution in [0.4, 0.5) is 0 Å². The normalized spacial score (nSPS) is 15.5. The third kappa shape index (κ3) is 1.81. The highest BCUT2D eigenvalue weighted by atomic mass is 79.9. The molecule has 0 amide bonds. The van der Waals surface area contributed by atoms with Crippen molar-refractivity contribution in [3.8, 4) is 0 Å². The van der Waals surface area contributed by atoms with E-state index >= 15 is 0 Å². The first kappa shape index (κ1) is 8.91. The largest absolute Gasteiger partial charge is 0.455 e. The highest BCUT2D eigenvalue weighted by molar-refractivity contribution is 9.10. The first-order chi connectivity index (χ1) is 6.27. The Morgan fingerprint density at radius 1 is 1.23 bits per heavy atom. The summed E-state index contributed by atoms with van der Waals surface area (Å²) in [4.78, 5) is 0. The van der Waals surface area contributed by atoms with Crippen molar-refractivity contribution in [1.29, 1.82) is 0 Å². The Balaban J connectivity index is 2.33. The SMILES string of the molecule is Clc1ccc(Br)c(C2OC=CO2)c1. The van der Waals surface area contributed by atoms with Crippen LogP contribution in [0.25, 0.3) is 0 Å². The molecule has 13 heavy (non-hydrogen) atoms. The summed E-state index contributed by atoms with van der Waals surface area (Å²) in [6, 6.07) is 5.48. The maximum Gasteiger partial charge on any atom is 0.267 e. The standard InChI is InChI=1S/C9H6BrClO2/c10-8-2-1-6(11)5-7(8)9-12-3-4-13-9/h1-5,9H. The van der Waals surface area contributed by atoms with E-state index in [1.165, 1.54) is 12.5 Å². The first-order valence-electron chi connectivity index (χ1n) is 3.68. The lowest BCUT2D eigenvalue weighted by Gasteiger charge is -2.12. The van der Waals surface area contributed by atoms with Crippen molar-refractivity contribution >= 4 is 27.5 Å². The summed E-state index contributed by atoms with van der Waals surface area (Å²) >= 11 is 9.24. The molecule has 0 fully saturated rings. The van der Waals surface area contributed by atoms with Crippen LogP contribution in [0.1, 0.15) is 11.9 Å². The Kier molecular flexibility index (Phi) is 2.47. The molecule has 0 N–H and O–H groups in total. The second-order valence-electron chi connectivity index (χ2n) is 2.54. The van der Waals surface area contributed by atoms with Crippen LogP contribution in [0.3, 0.4) is 0 Å². The van der Waals surface area contributed by atoms with Gasteiger partial charge in [0.2, 0.25) is 0 Å². The van der Waals surface area contributed by atoms with Crippen molar-refractivity contribution < 1.29 is 9.47 Å². The van der Waals surface area contributed by atoms with Crippen LogP contribution < -0.4 is 0 Å². The molecule has 2 nitrogen and oxygen atoms in total. The van der Waals surface area contributed by atoms with Gasteiger partial charge in [0.05, 0.1) is 0 Å². The summed E-state index contributed by atoms with van der Waals surface area (Å²) in [5.41, 5.74) is 0.887. The lowest BCUT2D eigenvalue weighted by Crippen LogP contribution is -1.98. The van der Waals surface area contributed by atoms with Gasteiger partial charge in [-0.3, -0.25) is 0 Å². The predicted molar refractivity (Wildman–Crippen MR) is 53.2 cm³/mol. The Bertz CT molecular complexity index is 343. The van der Waals surface area contributed by atoms with E-state index in [1.54, 1.807) is 6.07 Å². The molecule has 0 radical (unpaired) electrons. The molecule has 1 heterocycles. The van der Waals surface area contributed by atoms with Crippen LogP contribution in [0.5, 0.6) is 0 Å². The minimum atomic E-state index is -0.381. The van der Waals surface area contributed by atoms with Crippen LogP contribution >= 0.6 is 27.5 Å². The topological polar surface area (TPSA) is 18.5 Å². The smallest absolute Gasteiger partial charge is 0.267 e. The Morgan fingerprint density at radius 3 is 2.62 bits per heavy atom. The fourth-order valence-electron chi connectivity index (χ4n) is 1.08. The van der Waals surface area contributed by atoms with Crippen molar-refractivity contribution in [2.75, 3.05) is 0 Å². The average Bonchev–Trinajstić information content (AvgIpc) is 2.61. The average molecular weight is 262 g/mol. The quantitative estimate of drug-likeness (QED) is 0.769. The minimum Gasteiger partial charge on any atom is -0.455 e. The van der Waals surface area contributed by atoms with E-state index < -0.39 is 0 Å². The number of hydrogen-bond donors (Lipinski definition) is 0. The van der Waals surface area contributed by atoms with Crippen molar-refractivity contribution in [2.24, 2.45) is 0 Å². The van der Waals surface area contributed by atoms with Gasteiger partial charge >= 0.3 is 0 Å². The van der Waals surface area contributed by atoms with Crippen molar-refractivity contribution in [3.05, 3.63) is 45.8 Å². The molecule has 0 aliphatic carbocycles. The van der Waals surface area contributed by atoms with Crippen LogP contribution in [0.2, 0.25) is 5.02 Å². The summed E-state index contributed by atoms with van der Waals surface area (Å²) in [5.74, 6) is 0. The fourth-order valence-corrected chi connectivity index (χ4v) is 1.69. The number of hydrogen-bond acceptors (Lipinski definition) is 2. The van der Waals surface area contributed by atoms with Gasteiger partial charge in [-0.15, -0.1) is 0 Å². The Morgan fingerprint density at radius 2 is 1.92 bits per heavy atom. The number of rotatable bonds is 1. The zero-order valence-corrected chi connectivity index (χ0v) is 8.88. The summed E-state index contributed by atoms with van der Waals surface area (Å²) in [5, 5.41) is 0.664. The van der Waals surface area contributed by atoms with E-state index in [2.05, 4.69) is 15.9 Å². The van der Waals surface area contributed by atoms with Gasteiger partial charge in [0, 0.05) is 15.1 Å². The fraction of sp³-hybridized carbons (Fsp3) is 0.111. The van der Waals surface area contributed by atoms with Crippen molar-refractivity contribution in [3.63, 3.8) is 0 Å². The third-order valence-electron chi connectivity index (χ3n) is 1.67. The maximum absolute atomic E-state index is 5.84. The molecule has 0 aromatic heterocycles. The van der Waals surface area contributed by atoms with E-state index in [-0.39, 0.29) is 6.29 Å². The van der Waals surface area contributed by atoms with E-state index in [1.807, 2.05) is 12.1 Å². The van der Waals surface area contributed by atoms with Crippen molar-refractivity contribution in [1.82, 2.24) is 0 Å². The zero-order valence-electron chi connectivity index (χ0n) is 6.54. The Labute approximate surface area is 89.2 Å². The molecule has 0 saturated heterocycles. The highest BCUT2D eigenvalue weighted by Gasteiger charge is 2.18. The van der Waals surface area contributed by atoms with Gasteiger partial charge in [-0.05, 0) is 18.2 Å². The van der Waals surface area contributed by atoms with Crippen LogP contribution in [0.15, 0.2) is 35.2 Å². The lowest BCUT2D eigenvalue weighted by atomic mass is 10.2. The molecule has 0 atom stereocenters. The second kappa shape index (κ2) is 3.60. The van der Waals surface area contributed by atoms with Crippen LogP contribution in [0, 0.1) is 0 Å². The molecule has 1 aromatic rings. The predicted octanol–water partition coefficient (Wildman–Crippen LogP) is 3.62. The molecule has 0 saturated carbocycles. The van der Waals surface area contributed by atoms with E-state index in [0.29, 0.717) is 5.02 Å². The first-order valence-corrected chi connectivity index (χ1v) is 4.85. The number of benzene rings is 1. The van der Waals surface area contributed by atoms with Gasteiger partial charge in [0.25, 0.3) is 6.29 Å². The molecule has 2 rings (SSSR count).